The van der Waals surface area contributed by atoms with Crippen molar-refractivity contribution in [3.8, 4) is 5.75 Å². The number of guanidine groups is 1. The maximum Gasteiger partial charge on any atom is 0.191 e. The van der Waals surface area contributed by atoms with Gasteiger partial charge in [-0.25, -0.2) is 4.98 Å². The van der Waals surface area contributed by atoms with Crippen molar-refractivity contribution in [3.63, 3.8) is 0 Å². The van der Waals surface area contributed by atoms with Crippen LogP contribution in [-0.2, 0) is 0 Å². The van der Waals surface area contributed by atoms with Crippen LogP contribution >= 0.6 is 24.0 Å². The van der Waals surface area contributed by atoms with Crippen LogP contribution in [0.1, 0.15) is 43.4 Å². The minimum atomic E-state index is 0. The number of anilines is 1. The van der Waals surface area contributed by atoms with Gasteiger partial charge in [-0.1, -0.05) is 25.1 Å². The van der Waals surface area contributed by atoms with Gasteiger partial charge in [0.15, 0.2) is 5.96 Å². The van der Waals surface area contributed by atoms with E-state index in [0.29, 0.717) is 12.0 Å². The van der Waals surface area contributed by atoms with E-state index < -0.39 is 0 Å². The summed E-state index contributed by atoms with van der Waals surface area (Å²) >= 11 is 0. The maximum absolute atomic E-state index is 5.24. The first-order valence-corrected chi connectivity index (χ1v) is 10.9. The van der Waals surface area contributed by atoms with E-state index in [1.54, 1.807) is 7.11 Å². The van der Waals surface area contributed by atoms with Crippen molar-refractivity contribution >= 4 is 35.8 Å². The Kier molecular flexibility index (Phi) is 10.4. The molecule has 1 saturated heterocycles. The molecule has 0 bridgehead atoms. The summed E-state index contributed by atoms with van der Waals surface area (Å²) in [5.41, 5.74) is 2.40. The summed E-state index contributed by atoms with van der Waals surface area (Å²) in [5, 5.41) is 7.07. The molecule has 7 heteroatoms. The van der Waals surface area contributed by atoms with Gasteiger partial charge in [-0.3, -0.25) is 4.99 Å². The number of aromatic nitrogens is 1. The molecule has 1 fully saturated rings. The van der Waals surface area contributed by atoms with E-state index in [2.05, 4.69) is 56.7 Å². The smallest absolute Gasteiger partial charge is 0.191 e. The van der Waals surface area contributed by atoms with Gasteiger partial charge in [0.2, 0.25) is 0 Å². The number of rotatable bonds is 7. The van der Waals surface area contributed by atoms with E-state index in [-0.39, 0.29) is 24.0 Å². The number of hydrogen-bond donors (Lipinski definition) is 2. The summed E-state index contributed by atoms with van der Waals surface area (Å²) in [4.78, 5) is 11.4. The van der Waals surface area contributed by atoms with E-state index >= 15 is 0 Å². The van der Waals surface area contributed by atoms with E-state index in [4.69, 9.17) is 4.74 Å². The van der Waals surface area contributed by atoms with E-state index in [1.165, 1.54) is 5.56 Å². The lowest BCUT2D eigenvalue weighted by Crippen LogP contribution is -2.49. The molecule has 2 N–H and O–H groups in total. The molecule has 1 atom stereocenters. The maximum atomic E-state index is 5.24. The second-order valence-electron chi connectivity index (χ2n) is 8.00. The van der Waals surface area contributed by atoms with Crippen LogP contribution in [0.4, 0.5) is 5.82 Å². The second-order valence-corrected chi connectivity index (χ2v) is 8.00. The first-order chi connectivity index (χ1) is 14.6. The monoisotopic (exact) mass is 537 g/mol. The average Bonchev–Trinajstić information content (AvgIpc) is 2.78. The van der Waals surface area contributed by atoms with Crippen molar-refractivity contribution in [2.24, 2.45) is 4.99 Å². The summed E-state index contributed by atoms with van der Waals surface area (Å²) in [6.45, 7) is 7.22. The summed E-state index contributed by atoms with van der Waals surface area (Å²) < 4.78 is 5.24. The lowest BCUT2D eigenvalue weighted by molar-refractivity contribution is 0.414. The Morgan fingerprint density at radius 1 is 1.19 bits per heavy atom. The van der Waals surface area contributed by atoms with Crippen LogP contribution in [-0.4, -0.2) is 50.8 Å². The van der Waals surface area contributed by atoms with Gasteiger partial charge < -0.3 is 20.3 Å². The number of ether oxygens (including phenoxy) is 1. The van der Waals surface area contributed by atoms with Crippen molar-refractivity contribution in [2.75, 3.05) is 38.7 Å². The van der Waals surface area contributed by atoms with E-state index in [0.717, 1.165) is 62.1 Å². The normalized spacial score (nSPS) is 15.7. The van der Waals surface area contributed by atoms with E-state index in [9.17, 15) is 0 Å². The summed E-state index contributed by atoms with van der Waals surface area (Å²) in [7, 11) is 3.54. The molecule has 6 nitrogen and oxygen atoms in total. The Morgan fingerprint density at radius 2 is 1.90 bits per heavy atom. The van der Waals surface area contributed by atoms with Crippen molar-refractivity contribution in [3.05, 3.63) is 53.7 Å². The van der Waals surface area contributed by atoms with Crippen LogP contribution in [0, 0.1) is 6.92 Å². The third-order valence-electron chi connectivity index (χ3n) is 5.81. The lowest BCUT2D eigenvalue weighted by Gasteiger charge is -2.34. The highest BCUT2D eigenvalue weighted by atomic mass is 127. The quantitative estimate of drug-likeness (QED) is 0.313. The number of hydrogen-bond acceptors (Lipinski definition) is 4. The zero-order valence-corrected chi connectivity index (χ0v) is 21.4. The molecular weight excluding hydrogens is 501 g/mol. The molecule has 0 aliphatic carbocycles. The Morgan fingerprint density at radius 3 is 2.52 bits per heavy atom. The number of methoxy groups -OCH3 is 1. The highest BCUT2D eigenvalue weighted by Crippen LogP contribution is 2.21. The number of nitrogens with zero attached hydrogens (tertiary/aromatic N) is 3. The van der Waals surface area contributed by atoms with Crippen LogP contribution in [0.25, 0.3) is 0 Å². The molecular formula is C24H36IN5O. The number of aliphatic imine (C=N–C) groups is 1. The van der Waals surface area contributed by atoms with Gasteiger partial charge in [0.25, 0.3) is 0 Å². The van der Waals surface area contributed by atoms with Gasteiger partial charge in [-0.15, -0.1) is 24.0 Å². The SMILES string of the molecule is CN=C(NCCC(C)c1ccc(OC)cc1)NC1CCN(c2cccc(C)n2)CC1.I. The van der Waals surface area contributed by atoms with E-state index in [1.807, 2.05) is 32.2 Å². The number of benzene rings is 1. The predicted molar refractivity (Wildman–Crippen MR) is 140 cm³/mol. The van der Waals surface area contributed by atoms with Gasteiger partial charge in [0.1, 0.15) is 11.6 Å². The fraction of sp³-hybridized carbons (Fsp3) is 0.500. The van der Waals surface area contributed by atoms with Crippen molar-refractivity contribution in [2.45, 2.75) is 45.1 Å². The van der Waals surface area contributed by atoms with Gasteiger partial charge in [-0.05, 0) is 61.9 Å². The fourth-order valence-corrected chi connectivity index (χ4v) is 3.85. The molecule has 0 amide bonds. The van der Waals surface area contributed by atoms with Crippen molar-refractivity contribution < 1.29 is 4.74 Å². The summed E-state index contributed by atoms with van der Waals surface area (Å²) in [6, 6.07) is 15.0. The lowest BCUT2D eigenvalue weighted by atomic mass is 9.98. The molecule has 1 aliphatic rings. The third kappa shape index (κ3) is 7.55. The number of nitrogens with one attached hydrogen (secondary N) is 2. The van der Waals surface area contributed by atoms with Crippen LogP contribution in [0.15, 0.2) is 47.5 Å². The van der Waals surface area contributed by atoms with Crippen LogP contribution in [0.3, 0.4) is 0 Å². The Labute approximate surface area is 203 Å². The van der Waals surface area contributed by atoms with Gasteiger partial charge in [0.05, 0.1) is 7.11 Å². The molecule has 0 spiro atoms. The number of piperidine rings is 1. The molecule has 1 unspecified atom stereocenters. The molecule has 3 rings (SSSR count). The first kappa shape index (κ1) is 25.2. The highest BCUT2D eigenvalue weighted by Gasteiger charge is 2.21. The first-order valence-electron chi connectivity index (χ1n) is 10.9. The topological polar surface area (TPSA) is 61.8 Å². The minimum absolute atomic E-state index is 0. The number of aryl methyl sites for hydroxylation is 1. The summed E-state index contributed by atoms with van der Waals surface area (Å²) in [6.07, 6.45) is 3.21. The molecule has 2 heterocycles. The summed E-state index contributed by atoms with van der Waals surface area (Å²) in [5.74, 6) is 3.36. The predicted octanol–water partition coefficient (Wildman–Crippen LogP) is 4.34. The molecule has 1 aromatic heterocycles. The Balaban J connectivity index is 0.00000341. The van der Waals surface area contributed by atoms with Crippen LogP contribution in [0.2, 0.25) is 0 Å². The van der Waals surface area contributed by atoms with Gasteiger partial charge in [-0.2, -0.15) is 0 Å². The molecule has 0 radical (unpaired) electrons. The Bertz CT molecular complexity index is 819. The van der Waals surface area contributed by atoms with Crippen LogP contribution in [0.5, 0.6) is 5.75 Å². The zero-order valence-electron chi connectivity index (χ0n) is 19.1. The molecule has 0 saturated carbocycles. The Hall–Kier alpha value is -2.03. The molecule has 1 aromatic carbocycles. The van der Waals surface area contributed by atoms with Crippen molar-refractivity contribution in [1.82, 2.24) is 15.6 Å². The molecule has 1 aliphatic heterocycles. The van der Waals surface area contributed by atoms with Crippen molar-refractivity contribution in [1.29, 1.82) is 0 Å². The molecule has 31 heavy (non-hydrogen) atoms. The fourth-order valence-electron chi connectivity index (χ4n) is 3.85. The average molecular weight is 537 g/mol. The zero-order chi connectivity index (χ0) is 21.3. The highest BCUT2D eigenvalue weighted by molar-refractivity contribution is 14.0. The molecule has 170 valence electrons. The van der Waals surface area contributed by atoms with Gasteiger partial charge >= 0.3 is 0 Å². The minimum Gasteiger partial charge on any atom is -0.497 e. The molecule has 2 aromatic rings. The number of halogens is 1. The largest absolute Gasteiger partial charge is 0.497 e. The van der Waals surface area contributed by atoms with Crippen LogP contribution < -0.4 is 20.3 Å². The third-order valence-corrected chi connectivity index (χ3v) is 5.81. The standard InChI is InChI=1S/C24H35N5O.HI/c1-18(20-8-10-22(30-4)11-9-20)12-15-26-24(25-3)28-21-13-16-29(17-14-21)23-7-5-6-19(2)27-23;/h5-11,18,21H,12-17H2,1-4H3,(H2,25,26,28);1H. The van der Waals surface area contributed by atoms with Gasteiger partial charge in [0, 0.05) is 38.4 Å². The second kappa shape index (κ2) is 12.7. The number of pyridine rings is 1.